The van der Waals surface area contributed by atoms with Crippen molar-refractivity contribution in [2.45, 2.75) is 13.3 Å². The van der Waals surface area contributed by atoms with Gasteiger partial charge in [-0.2, -0.15) is 0 Å². The quantitative estimate of drug-likeness (QED) is 0.555. The lowest BCUT2D eigenvalue weighted by atomic mass is 10.1. The van der Waals surface area contributed by atoms with Gasteiger partial charge in [0.05, 0.1) is 20.1 Å². The summed E-state index contributed by atoms with van der Waals surface area (Å²) in [6, 6.07) is 7.17. The predicted molar refractivity (Wildman–Crippen MR) is 99.4 cm³/mol. The molecule has 0 aromatic heterocycles. The number of carbonyl (C=O) groups is 2. The van der Waals surface area contributed by atoms with Gasteiger partial charge in [-0.3, -0.25) is 9.59 Å². The first kappa shape index (κ1) is 21.8. The molecule has 0 aliphatic rings. The van der Waals surface area contributed by atoms with E-state index in [1.54, 1.807) is 31.1 Å². The van der Waals surface area contributed by atoms with Crippen LogP contribution in [0.1, 0.15) is 13.3 Å². The van der Waals surface area contributed by atoms with Crippen LogP contribution in [0.15, 0.2) is 24.3 Å². The molecule has 0 aliphatic heterocycles. The third kappa shape index (κ3) is 7.31. The molecule has 26 heavy (non-hydrogen) atoms. The van der Waals surface area contributed by atoms with Crippen LogP contribution >= 0.6 is 0 Å². The molecule has 7 heteroatoms. The van der Waals surface area contributed by atoms with Crippen LogP contribution in [0, 0.1) is 5.92 Å². The van der Waals surface area contributed by atoms with E-state index in [-0.39, 0.29) is 18.5 Å². The molecular weight excluding hydrogens is 336 g/mol. The molecule has 0 saturated carbocycles. The third-order valence-corrected chi connectivity index (χ3v) is 3.90. The van der Waals surface area contributed by atoms with Crippen LogP contribution < -0.4 is 9.47 Å². The van der Waals surface area contributed by atoms with Gasteiger partial charge in [0.25, 0.3) is 5.91 Å². The maximum Gasteiger partial charge on any atom is 0.310 e. The highest BCUT2D eigenvalue weighted by molar-refractivity contribution is 5.79. The van der Waals surface area contributed by atoms with Crippen LogP contribution in [0.4, 0.5) is 0 Å². The van der Waals surface area contributed by atoms with Gasteiger partial charge in [-0.05, 0) is 39.2 Å². The Labute approximate surface area is 155 Å². The number of hydrogen-bond acceptors (Lipinski definition) is 6. The highest BCUT2D eigenvalue weighted by atomic mass is 16.5. The number of benzene rings is 1. The minimum absolute atomic E-state index is 0.115. The summed E-state index contributed by atoms with van der Waals surface area (Å²) >= 11 is 0. The number of para-hydroxylation sites is 2. The first-order valence-electron chi connectivity index (χ1n) is 8.65. The van der Waals surface area contributed by atoms with Crippen molar-refractivity contribution in [2.24, 2.45) is 5.92 Å². The van der Waals surface area contributed by atoms with E-state index >= 15 is 0 Å². The summed E-state index contributed by atoms with van der Waals surface area (Å²) in [5.41, 5.74) is 0. The molecule has 0 N–H and O–H groups in total. The number of ether oxygens (including phenoxy) is 3. The molecule has 0 aliphatic carbocycles. The van der Waals surface area contributed by atoms with Crippen LogP contribution in [0.3, 0.4) is 0 Å². The Morgan fingerprint density at radius 1 is 1.08 bits per heavy atom. The van der Waals surface area contributed by atoms with Gasteiger partial charge in [0.2, 0.25) is 0 Å². The van der Waals surface area contributed by atoms with Gasteiger partial charge in [-0.15, -0.1) is 0 Å². The van der Waals surface area contributed by atoms with Gasteiger partial charge >= 0.3 is 5.97 Å². The fourth-order valence-electron chi connectivity index (χ4n) is 2.47. The Morgan fingerprint density at radius 3 is 2.31 bits per heavy atom. The lowest BCUT2D eigenvalue weighted by Crippen LogP contribution is -2.41. The second-order valence-electron chi connectivity index (χ2n) is 6.36. The van der Waals surface area contributed by atoms with Crippen molar-refractivity contribution in [3.63, 3.8) is 0 Å². The van der Waals surface area contributed by atoms with Gasteiger partial charge in [0, 0.05) is 13.1 Å². The molecule has 1 unspecified atom stereocenters. The van der Waals surface area contributed by atoms with Crippen molar-refractivity contribution in [3.05, 3.63) is 24.3 Å². The molecule has 1 amide bonds. The Hall–Kier alpha value is -2.28. The molecule has 0 heterocycles. The molecule has 0 fully saturated rings. The number of amides is 1. The zero-order valence-corrected chi connectivity index (χ0v) is 16.4. The molecule has 0 radical (unpaired) electrons. The fourth-order valence-corrected chi connectivity index (χ4v) is 2.47. The third-order valence-electron chi connectivity index (χ3n) is 3.90. The summed E-state index contributed by atoms with van der Waals surface area (Å²) in [6.45, 7) is 3.33. The normalized spacial score (nSPS) is 11.8. The number of hydrogen-bond donors (Lipinski definition) is 0. The van der Waals surface area contributed by atoms with Crippen molar-refractivity contribution in [1.29, 1.82) is 0 Å². The van der Waals surface area contributed by atoms with E-state index < -0.39 is 5.92 Å². The van der Waals surface area contributed by atoms with Crippen LogP contribution in [0.2, 0.25) is 0 Å². The maximum atomic E-state index is 12.6. The minimum atomic E-state index is -0.394. The minimum Gasteiger partial charge on any atom is -0.493 e. The number of carbonyl (C=O) groups excluding carboxylic acids is 2. The van der Waals surface area contributed by atoms with Crippen LogP contribution in [-0.4, -0.2) is 76.2 Å². The average Bonchev–Trinajstić information content (AvgIpc) is 2.64. The first-order chi connectivity index (χ1) is 12.4. The lowest BCUT2D eigenvalue weighted by Gasteiger charge is -2.26. The molecule has 1 aromatic rings. The summed E-state index contributed by atoms with van der Waals surface area (Å²) in [6.07, 6.45) is 0.807. The molecule has 7 nitrogen and oxygen atoms in total. The van der Waals surface area contributed by atoms with E-state index in [0.29, 0.717) is 24.6 Å². The Balaban J connectivity index is 2.70. The van der Waals surface area contributed by atoms with Crippen molar-refractivity contribution >= 4 is 11.9 Å². The van der Waals surface area contributed by atoms with Crippen molar-refractivity contribution < 1.29 is 23.8 Å². The van der Waals surface area contributed by atoms with Crippen molar-refractivity contribution in [2.75, 3.05) is 54.6 Å². The van der Waals surface area contributed by atoms with E-state index in [2.05, 4.69) is 4.90 Å². The van der Waals surface area contributed by atoms with E-state index in [9.17, 15) is 9.59 Å². The fraction of sp³-hybridized carbons (Fsp3) is 0.579. The number of nitrogens with zero attached hydrogens (tertiary/aromatic N) is 2. The highest BCUT2D eigenvalue weighted by Gasteiger charge is 2.22. The number of esters is 1. The molecule has 146 valence electrons. The van der Waals surface area contributed by atoms with E-state index in [1.165, 1.54) is 7.11 Å². The Kier molecular flexibility index (Phi) is 9.51. The highest BCUT2D eigenvalue weighted by Crippen LogP contribution is 2.25. The molecule has 0 saturated heterocycles. The van der Waals surface area contributed by atoms with Gasteiger partial charge in [-0.25, -0.2) is 0 Å². The van der Waals surface area contributed by atoms with Crippen LogP contribution in [0.25, 0.3) is 0 Å². The van der Waals surface area contributed by atoms with Gasteiger partial charge in [0.1, 0.15) is 0 Å². The first-order valence-corrected chi connectivity index (χ1v) is 8.65. The topological polar surface area (TPSA) is 68.3 Å². The summed E-state index contributed by atoms with van der Waals surface area (Å²) in [5.74, 6) is 0.182. The second-order valence-corrected chi connectivity index (χ2v) is 6.36. The average molecular weight is 366 g/mol. The predicted octanol–water partition coefficient (Wildman–Crippen LogP) is 1.66. The Morgan fingerprint density at radius 2 is 1.73 bits per heavy atom. The monoisotopic (exact) mass is 366 g/mol. The van der Waals surface area contributed by atoms with Gasteiger partial charge < -0.3 is 24.0 Å². The molecule has 1 aromatic carbocycles. The van der Waals surface area contributed by atoms with E-state index in [0.717, 1.165) is 13.0 Å². The molecule has 1 atom stereocenters. The summed E-state index contributed by atoms with van der Waals surface area (Å²) in [4.78, 5) is 28.0. The molecular formula is C19H30N2O5. The SMILES string of the molecule is COC(=O)C(C)CN(CCCN(C)C)C(=O)COc1ccccc1OC. The van der Waals surface area contributed by atoms with Crippen molar-refractivity contribution in [1.82, 2.24) is 9.80 Å². The summed E-state index contributed by atoms with van der Waals surface area (Å²) < 4.78 is 15.6. The molecule has 1 rings (SSSR count). The zero-order valence-electron chi connectivity index (χ0n) is 16.4. The number of methoxy groups -OCH3 is 2. The summed E-state index contributed by atoms with van der Waals surface area (Å²) in [7, 11) is 6.86. The number of rotatable bonds is 11. The zero-order chi connectivity index (χ0) is 19.5. The van der Waals surface area contributed by atoms with E-state index in [4.69, 9.17) is 14.2 Å². The smallest absolute Gasteiger partial charge is 0.310 e. The van der Waals surface area contributed by atoms with Gasteiger partial charge in [-0.1, -0.05) is 19.1 Å². The summed E-state index contributed by atoms with van der Waals surface area (Å²) in [5, 5.41) is 0. The maximum absolute atomic E-state index is 12.6. The molecule has 0 spiro atoms. The standard InChI is InChI=1S/C19H30N2O5/c1-15(19(23)25-5)13-21(12-8-11-20(2)3)18(22)14-26-17-10-7-6-9-16(17)24-4/h6-7,9-10,15H,8,11-14H2,1-5H3. The van der Waals surface area contributed by atoms with Crippen LogP contribution in [0.5, 0.6) is 11.5 Å². The Bertz CT molecular complexity index is 577. The molecule has 0 bridgehead atoms. The van der Waals surface area contributed by atoms with Gasteiger partial charge in [0.15, 0.2) is 18.1 Å². The van der Waals surface area contributed by atoms with Crippen molar-refractivity contribution in [3.8, 4) is 11.5 Å². The van der Waals surface area contributed by atoms with Crippen LogP contribution in [-0.2, 0) is 14.3 Å². The lowest BCUT2D eigenvalue weighted by molar-refractivity contribution is -0.146. The van der Waals surface area contributed by atoms with E-state index in [1.807, 2.05) is 26.2 Å². The largest absolute Gasteiger partial charge is 0.493 e. The second kappa shape index (κ2) is 11.4.